The van der Waals surface area contributed by atoms with Crippen molar-refractivity contribution in [2.75, 3.05) is 18.0 Å². The average Bonchev–Trinajstić information content (AvgIpc) is 3.46. The van der Waals surface area contributed by atoms with Crippen molar-refractivity contribution in [2.45, 2.75) is 32.5 Å². The molecule has 1 fully saturated rings. The summed E-state index contributed by atoms with van der Waals surface area (Å²) in [6.07, 6.45) is 9.76. The summed E-state index contributed by atoms with van der Waals surface area (Å²) in [4.78, 5) is 23.0. The van der Waals surface area contributed by atoms with Crippen molar-refractivity contribution >= 4 is 11.8 Å². The Bertz CT molecular complexity index is 934. The smallest absolute Gasteiger partial charge is 0.315 e. The fourth-order valence-electron chi connectivity index (χ4n) is 3.55. The van der Waals surface area contributed by atoms with Gasteiger partial charge < -0.3 is 20.1 Å². The number of aromatic nitrogens is 3. The lowest BCUT2D eigenvalue weighted by Crippen LogP contribution is -2.34. The molecular weight excluding hydrogens is 364 g/mol. The zero-order valence-electron chi connectivity index (χ0n) is 16.4. The Morgan fingerprint density at radius 3 is 2.48 bits per heavy atom. The lowest BCUT2D eigenvalue weighted by Gasteiger charge is -2.17. The minimum Gasteiger partial charge on any atom is -0.357 e. The van der Waals surface area contributed by atoms with E-state index in [1.807, 2.05) is 35.2 Å². The second-order valence-electron chi connectivity index (χ2n) is 7.31. The van der Waals surface area contributed by atoms with Crippen LogP contribution in [0.1, 0.15) is 29.5 Å². The maximum absolute atomic E-state index is 12.2. The molecule has 0 bridgehead atoms. The highest BCUT2D eigenvalue weighted by molar-refractivity contribution is 5.73. The first-order chi connectivity index (χ1) is 14.3. The zero-order valence-corrected chi connectivity index (χ0v) is 16.4. The Kier molecular flexibility index (Phi) is 6.04. The van der Waals surface area contributed by atoms with Gasteiger partial charge in [0, 0.05) is 51.3 Å². The number of nitrogens with zero attached hydrogens (tertiary/aromatic N) is 4. The largest absolute Gasteiger partial charge is 0.357 e. The Hall–Kier alpha value is -3.35. The van der Waals surface area contributed by atoms with E-state index in [0.717, 1.165) is 36.6 Å². The number of pyridine rings is 1. The number of rotatable bonds is 7. The summed E-state index contributed by atoms with van der Waals surface area (Å²) in [6.45, 7) is 3.85. The van der Waals surface area contributed by atoms with Gasteiger partial charge in [-0.3, -0.25) is 0 Å². The van der Waals surface area contributed by atoms with Crippen LogP contribution in [0.2, 0.25) is 0 Å². The number of hydrogen-bond donors (Lipinski definition) is 2. The van der Waals surface area contributed by atoms with E-state index in [1.54, 1.807) is 12.5 Å². The molecule has 1 aliphatic rings. The van der Waals surface area contributed by atoms with Crippen molar-refractivity contribution in [1.82, 2.24) is 25.2 Å². The molecule has 3 aromatic rings. The van der Waals surface area contributed by atoms with E-state index in [9.17, 15) is 4.79 Å². The van der Waals surface area contributed by atoms with Crippen LogP contribution in [0, 0.1) is 0 Å². The van der Waals surface area contributed by atoms with Crippen molar-refractivity contribution in [3.05, 3.63) is 78.0 Å². The number of imidazole rings is 1. The molecule has 2 aromatic heterocycles. The number of carbonyl (C=O) groups is 1. The lowest BCUT2D eigenvalue weighted by atomic mass is 10.1. The quantitative estimate of drug-likeness (QED) is 0.650. The van der Waals surface area contributed by atoms with Crippen molar-refractivity contribution in [3.8, 4) is 0 Å². The summed E-state index contributed by atoms with van der Waals surface area (Å²) in [6, 6.07) is 12.0. The lowest BCUT2D eigenvalue weighted by molar-refractivity contribution is 0.240. The third kappa shape index (κ3) is 5.34. The predicted molar refractivity (Wildman–Crippen MR) is 113 cm³/mol. The van der Waals surface area contributed by atoms with Gasteiger partial charge in [-0.2, -0.15) is 0 Å². The van der Waals surface area contributed by atoms with Crippen LogP contribution in [0.3, 0.4) is 0 Å². The molecule has 4 rings (SSSR count). The van der Waals surface area contributed by atoms with Gasteiger partial charge in [0.15, 0.2) is 0 Å². The van der Waals surface area contributed by atoms with E-state index < -0.39 is 0 Å². The normalized spacial score (nSPS) is 13.4. The first-order valence-electron chi connectivity index (χ1n) is 10.0. The molecule has 1 aromatic carbocycles. The molecule has 0 atom stereocenters. The van der Waals surface area contributed by atoms with Gasteiger partial charge in [0.2, 0.25) is 0 Å². The number of urea groups is 1. The van der Waals surface area contributed by atoms with Crippen molar-refractivity contribution in [2.24, 2.45) is 0 Å². The Morgan fingerprint density at radius 2 is 1.72 bits per heavy atom. The fraction of sp³-hybridized carbons (Fsp3) is 0.318. The highest BCUT2D eigenvalue weighted by atomic mass is 16.2. The van der Waals surface area contributed by atoms with Crippen LogP contribution in [0.5, 0.6) is 0 Å². The maximum atomic E-state index is 12.2. The third-order valence-corrected chi connectivity index (χ3v) is 5.06. The van der Waals surface area contributed by atoms with Gasteiger partial charge in [-0.15, -0.1) is 0 Å². The molecule has 150 valence electrons. The first-order valence-corrected chi connectivity index (χ1v) is 10.0. The van der Waals surface area contributed by atoms with E-state index in [4.69, 9.17) is 0 Å². The third-order valence-electron chi connectivity index (χ3n) is 5.06. The van der Waals surface area contributed by atoms with Crippen LogP contribution in [0.4, 0.5) is 10.6 Å². The number of benzene rings is 1. The number of anilines is 1. The SMILES string of the molecule is O=C(NCc1cccc(Cn2ccnc2)c1)NCc1ccnc(N2CCCC2)c1. The van der Waals surface area contributed by atoms with Crippen LogP contribution in [-0.2, 0) is 19.6 Å². The molecule has 0 unspecified atom stereocenters. The van der Waals surface area contributed by atoms with Gasteiger partial charge in [0.05, 0.1) is 6.33 Å². The Balaban J connectivity index is 1.25. The zero-order chi connectivity index (χ0) is 19.9. The molecule has 7 heteroatoms. The van der Waals surface area contributed by atoms with E-state index in [-0.39, 0.29) is 6.03 Å². The Labute approximate surface area is 170 Å². The minimum atomic E-state index is -0.176. The van der Waals surface area contributed by atoms with Crippen LogP contribution in [0.15, 0.2) is 61.3 Å². The predicted octanol–water partition coefficient (Wildman–Crippen LogP) is 2.93. The van der Waals surface area contributed by atoms with Crippen LogP contribution in [-0.4, -0.2) is 33.7 Å². The molecule has 0 saturated carbocycles. The van der Waals surface area contributed by atoms with Gasteiger partial charge in [-0.1, -0.05) is 24.3 Å². The molecule has 0 spiro atoms. The monoisotopic (exact) mass is 390 g/mol. The van der Waals surface area contributed by atoms with E-state index in [0.29, 0.717) is 13.1 Å². The summed E-state index contributed by atoms with van der Waals surface area (Å²) in [7, 11) is 0. The van der Waals surface area contributed by atoms with E-state index in [2.05, 4.69) is 43.7 Å². The van der Waals surface area contributed by atoms with Crippen LogP contribution < -0.4 is 15.5 Å². The maximum Gasteiger partial charge on any atom is 0.315 e. The number of carbonyl (C=O) groups excluding carboxylic acids is 1. The number of hydrogen-bond acceptors (Lipinski definition) is 4. The van der Waals surface area contributed by atoms with Gasteiger partial charge >= 0.3 is 6.03 Å². The first kappa shape index (κ1) is 19.0. The summed E-state index contributed by atoms with van der Waals surface area (Å²) >= 11 is 0. The van der Waals surface area contributed by atoms with Crippen LogP contribution >= 0.6 is 0 Å². The molecular formula is C22H26N6O. The van der Waals surface area contributed by atoms with Gasteiger partial charge in [0.1, 0.15) is 5.82 Å². The molecule has 2 amide bonds. The molecule has 29 heavy (non-hydrogen) atoms. The van der Waals surface area contributed by atoms with Crippen molar-refractivity contribution in [1.29, 1.82) is 0 Å². The van der Waals surface area contributed by atoms with Crippen LogP contribution in [0.25, 0.3) is 0 Å². The second-order valence-corrected chi connectivity index (χ2v) is 7.31. The Morgan fingerprint density at radius 1 is 0.966 bits per heavy atom. The van der Waals surface area contributed by atoms with Gasteiger partial charge in [-0.25, -0.2) is 14.8 Å². The van der Waals surface area contributed by atoms with Gasteiger partial charge in [0.25, 0.3) is 0 Å². The number of amides is 2. The second kappa shape index (κ2) is 9.23. The number of nitrogens with one attached hydrogen (secondary N) is 2. The summed E-state index contributed by atoms with van der Waals surface area (Å²) < 4.78 is 2.02. The molecule has 0 aliphatic carbocycles. The highest BCUT2D eigenvalue weighted by Gasteiger charge is 2.13. The summed E-state index contributed by atoms with van der Waals surface area (Å²) in [5.41, 5.74) is 3.30. The topological polar surface area (TPSA) is 75.1 Å². The molecule has 3 heterocycles. The molecule has 0 radical (unpaired) electrons. The van der Waals surface area contributed by atoms with Gasteiger partial charge in [-0.05, 0) is 41.7 Å². The molecule has 7 nitrogen and oxygen atoms in total. The molecule has 2 N–H and O–H groups in total. The summed E-state index contributed by atoms with van der Waals surface area (Å²) in [5.74, 6) is 0.997. The minimum absolute atomic E-state index is 0.176. The van der Waals surface area contributed by atoms with Crippen molar-refractivity contribution < 1.29 is 4.79 Å². The fourth-order valence-corrected chi connectivity index (χ4v) is 3.55. The average molecular weight is 390 g/mol. The highest BCUT2D eigenvalue weighted by Crippen LogP contribution is 2.18. The molecule has 1 saturated heterocycles. The summed E-state index contributed by atoms with van der Waals surface area (Å²) in [5, 5.41) is 5.86. The van der Waals surface area contributed by atoms with E-state index >= 15 is 0 Å². The van der Waals surface area contributed by atoms with E-state index in [1.165, 1.54) is 18.4 Å². The molecule has 1 aliphatic heterocycles. The standard InChI is InChI=1S/C22H26N6O/c29-22(26-15-19-6-7-24-21(13-19)28-9-1-2-10-28)25-14-18-4-3-5-20(12-18)16-27-11-8-23-17-27/h3-8,11-13,17H,1-2,9-10,14-16H2,(H2,25,26,29). The van der Waals surface area contributed by atoms with Crippen molar-refractivity contribution in [3.63, 3.8) is 0 Å².